The molecule has 1 N–H and O–H groups in total. The number of hydrogen-bond acceptors (Lipinski definition) is 3. The van der Waals surface area contributed by atoms with Crippen LogP contribution in [0, 0.1) is 6.92 Å². The Morgan fingerprint density at radius 3 is 3.09 bits per heavy atom. The highest BCUT2D eigenvalue weighted by Crippen LogP contribution is 2.12. The maximum absolute atomic E-state index is 8.67. The van der Waals surface area contributed by atoms with Gasteiger partial charge in [-0.2, -0.15) is 0 Å². The fourth-order valence-corrected chi connectivity index (χ4v) is 0.959. The number of rotatable bonds is 3. The largest absolute Gasteiger partial charge is 0.395 e. The van der Waals surface area contributed by atoms with Gasteiger partial charge in [-0.1, -0.05) is 0 Å². The van der Waals surface area contributed by atoms with E-state index >= 15 is 0 Å². The maximum atomic E-state index is 8.67. The zero-order chi connectivity index (χ0) is 8.27. The molecule has 1 heterocycles. The lowest BCUT2D eigenvalue weighted by molar-refractivity contribution is 0.275. The normalized spacial score (nSPS) is 10.0. The van der Waals surface area contributed by atoms with Gasteiger partial charge in [-0.05, 0) is 13.6 Å². The summed E-state index contributed by atoms with van der Waals surface area (Å²) in [6.45, 7) is 5.89. The summed E-state index contributed by atoms with van der Waals surface area (Å²) in [7, 11) is 0. The minimum atomic E-state index is 0.0969. The van der Waals surface area contributed by atoms with Crippen LogP contribution in [0.15, 0.2) is 11.2 Å². The number of aryl methyl sites for hydroxylation is 1. The molecule has 4 heteroatoms. The number of aliphatic imine (C=N–C) groups is 1. The zero-order valence-corrected chi connectivity index (χ0v) is 6.49. The standard InChI is InChI=1S/C7H11N3O/c1-6-9-5-7(8-2)10(6)3-4-11/h5,11H,2-4H2,1H3. The molecule has 1 aromatic heterocycles. The van der Waals surface area contributed by atoms with Crippen molar-refractivity contribution in [1.82, 2.24) is 9.55 Å². The molecule has 0 bridgehead atoms. The maximum Gasteiger partial charge on any atom is 0.151 e. The van der Waals surface area contributed by atoms with Gasteiger partial charge in [-0.25, -0.2) is 9.98 Å². The van der Waals surface area contributed by atoms with Crippen LogP contribution in [-0.4, -0.2) is 28.0 Å². The summed E-state index contributed by atoms with van der Waals surface area (Å²) in [6, 6.07) is 0. The SMILES string of the molecule is C=Nc1cnc(C)n1CCO. The molecule has 0 aliphatic rings. The van der Waals surface area contributed by atoms with Crippen molar-refractivity contribution in [2.45, 2.75) is 13.5 Å². The molecule has 0 saturated heterocycles. The first-order chi connectivity index (χ1) is 5.29. The number of imidazole rings is 1. The molecule has 1 aromatic rings. The molecular weight excluding hydrogens is 142 g/mol. The van der Waals surface area contributed by atoms with Crippen molar-refractivity contribution in [1.29, 1.82) is 0 Å². The summed E-state index contributed by atoms with van der Waals surface area (Å²) >= 11 is 0. The van der Waals surface area contributed by atoms with Crippen LogP contribution in [0.25, 0.3) is 0 Å². The van der Waals surface area contributed by atoms with E-state index in [0.29, 0.717) is 12.4 Å². The lowest BCUT2D eigenvalue weighted by atomic mass is 10.6. The van der Waals surface area contributed by atoms with Crippen molar-refractivity contribution >= 4 is 12.5 Å². The van der Waals surface area contributed by atoms with Gasteiger partial charge in [0.1, 0.15) is 5.82 Å². The number of nitrogens with zero attached hydrogens (tertiary/aromatic N) is 3. The number of aromatic nitrogens is 2. The van der Waals surface area contributed by atoms with E-state index < -0.39 is 0 Å². The molecule has 11 heavy (non-hydrogen) atoms. The Hall–Kier alpha value is -1.16. The molecule has 0 amide bonds. The van der Waals surface area contributed by atoms with Crippen LogP contribution in [0.2, 0.25) is 0 Å². The Kier molecular flexibility index (Phi) is 2.38. The number of aliphatic hydroxyl groups excluding tert-OH is 1. The van der Waals surface area contributed by atoms with E-state index in [4.69, 9.17) is 5.11 Å². The minimum absolute atomic E-state index is 0.0969. The Balaban J connectivity index is 2.97. The minimum Gasteiger partial charge on any atom is -0.395 e. The van der Waals surface area contributed by atoms with Gasteiger partial charge < -0.3 is 9.67 Å². The van der Waals surface area contributed by atoms with Crippen molar-refractivity contribution in [3.05, 3.63) is 12.0 Å². The Morgan fingerprint density at radius 1 is 1.82 bits per heavy atom. The Labute approximate surface area is 65.2 Å². The summed E-state index contributed by atoms with van der Waals surface area (Å²) in [6.07, 6.45) is 1.64. The molecule has 1 rings (SSSR count). The number of aliphatic hydroxyl groups is 1. The van der Waals surface area contributed by atoms with Gasteiger partial charge in [0.25, 0.3) is 0 Å². The van der Waals surface area contributed by atoms with Gasteiger partial charge in [-0.3, -0.25) is 0 Å². The third-order valence-electron chi connectivity index (χ3n) is 1.52. The highest BCUT2D eigenvalue weighted by Gasteiger charge is 2.02. The second kappa shape index (κ2) is 3.30. The first-order valence-corrected chi connectivity index (χ1v) is 3.39. The summed E-state index contributed by atoms with van der Waals surface area (Å²) in [5, 5.41) is 8.67. The van der Waals surface area contributed by atoms with Gasteiger partial charge in [0.05, 0.1) is 12.8 Å². The quantitative estimate of drug-likeness (QED) is 0.643. The Bertz CT molecular complexity index is 254. The van der Waals surface area contributed by atoms with Crippen LogP contribution in [0.3, 0.4) is 0 Å². The third-order valence-corrected chi connectivity index (χ3v) is 1.52. The van der Waals surface area contributed by atoms with Crippen molar-refractivity contribution in [3.63, 3.8) is 0 Å². The van der Waals surface area contributed by atoms with E-state index in [0.717, 1.165) is 5.82 Å². The second-order valence-electron chi connectivity index (χ2n) is 2.20. The lowest BCUT2D eigenvalue weighted by Gasteiger charge is -2.02. The smallest absolute Gasteiger partial charge is 0.151 e. The first kappa shape index (κ1) is 7.94. The van der Waals surface area contributed by atoms with Crippen LogP contribution in [0.4, 0.5) is 5.82 Å². The van der Waals surface area contributed by atoms with Crippen LogP contribution in [0.1, 0.15) is 5.82 Å². The van der Waals surface area contributed by atoms with E-state index in [-0.39, 0.29) is 6.61 Å². The molecule has 0 aromatic carbocycles. The van der Waals surface area contributed by atoms with Crippen LogP contribution >= 0.6 is 0 Å². The third kappa shape index (κ3) is 1.46. The predicted octanol–water partition coefficient (Wildman–Crippen LogP) is 0.516. The van der Waals surface area contributed by atoms with Crippen LogP contribution in [0.5, 0.6) is 0 Å². The fourth-order valence-electron chi connectivity index (χ4n) is 0.959. The van der Waals surface area contributed by atoms with Crippen molar-refractivity contribution in [2.75, 3.05) is 6.61 Å². The predicted molar refractivity (Wildman–Crippen MR) is 43.3 cm³/mol. The molecule has 0 spiro atoms. The van der Waals surface area contributed by atoms with E-state index in [2.05, 4.69) is 16.7 Å². The average molecular weight is 153 g/mol. The topological polar surface area (TPSA) is 50.4 Å². The van der Waals surface area contributed by atoms with Gasteiger partial charge in [-0.15, -0.1) is 0 Å². The average Bonchev–Trinajstić information content (AvgIpc) is 2.34. The molecule has 0 aliphatic heterocycles. The van der Waals surface area contributed by atoms with E-state index in [1.165, 1.54) is 0 Å². The molecule has 0 atom stereocenters. The highest BCUT2D eigenvalue weighted by molar-refractivity contribution is 5.39. The molecular formula is C7H11N3O. The zero-order valence-electron chi connectivity index (χ0n) is 6.49. The molecule has 4 nitrogen and oxygen atoms in total. The lowest BCUT2D eigenvalue weighted by Crippen LogP contribution is -2.03. The summed E-state index contributed by atoms with van der Waals surface area (Å²) in [5.74, 6) is 1.55. The monoisotopic (exact) mass is 153 g/mol. The molecule has 0 unspecified atom stereocenters. The van der Waals surface area contributed by atoms with Gasteiger partial charge >= 0.3 is 0 Å². The highest BCUT2D eigenvalue weighted by atomic mass is 16.3. The van der Waals surface area contributed by atoms with Gasteiger partial charge in [0, 0.05) is 6.54 Å². The summed E-state index contributed by atoms with van der Waals surface area (Å²) in [4.78, 5) is 7.77. The molecule has 0 saturated carbocycles. The van der Waals surface area contributed by atoms with Crippen LogP contribution in [-0.2, 0) is 6.54 Å². The van der Waals surface area contributed by atoms with Crippen molar-refractivity contribution < 1.29 is 5.11 Å². The van der Waals surface area contributed by atoms with E-state index in [9.17, 15) is 0 Å². The van der Waals surface area contributed by atoms with Crippen molar-refractivity contribution in [2.24, 2.45) is 4.99 Å². The van der Waals surface area contributed by atoms with E-state index in [1.54, 1.807) is 6.20 Å². The number of hydrogen-bond donors (Lipinski definition) is 1. The van der Waals surface area contributed by atoms with Gasteiger partial charge in [0.15, 0.2) is 5.82 Å². The molecule has 0 radical (unpaired) electrons. The first-order valence-electron chi connectivity index (χ1n) is 3.39. The summed E-state index contributed by atoms with van der Waals surface area (Å²) in [5.41, 5.74) is 0. The van der Waals surface area contributed by atoms with Crippen LogP contribution < -0.4 is 0 Å². The fraction of sp³-hybridized carbons (Fsp3) is 0.429. The van der Waals surface area contributed by atoms with Crippen molar-refractivity contribution in [3.8, 4) is 0 Å². The second-order valence-corrected chi connectivity index (χ2v) is 2.20. The van der Waals surface area contributed by atoms with E-state index in [1.807, 2.05) is 11.5 Å². The molecule has 60 valence electrons. The summed E-state index contributed by atoms with van der Waals surface area (Å²) < 4.78 is 1.81. The Morgan fingerprint density at radius 2 is 2.55 bits per heavy atom. The molecule has 0 fully saturated rings. The van der Waals surface area contributed by atoms with Gasteiger partial charge in [0.2, 0.25) is 0 Å². The molecule has 0 aliphatic carbocycles.